The van der Waals surface area contributed by atoms with Gasteiger partial charge in [0, 0.05) is 37.8 Å². The number of nitrogens with zero attached hydrogens (tertiary/aromatic N) is 3. The van der Waals surface area contributed by atoms with Crippen molar-refractivity contribution in [2.75, 3.05) is 19.6 Å². The summed E-state index contributed by atoms with van der Waals surface area (Å²) in [6.07, 6.45) is 4.00. The van der Waals surface area contributed by atoms with Crippen molar-refractivity contribution in [3.8, 4) is 0 Å². The summed E-state index contributed by atoms with van der Waals surface area (Å²) in [5, 5.41) is 0. The van der Waals surface area contributed by atoms with Gasteiger partial charge in [-0.15, -0.1) is 0 Å². The van der Waals surface area contributed by atoms with Crippen LogP contribution in [0.25, 0.3) is 0 Å². The van der Waals surface area contributed by atoms with Crippen LogP contribution < -0.4 is 10.5 Å². The van der Waals surface area contributed by atoms with Gasteiger partial charge < -0.3 is 10.6 Å². The van der Waals surface area contributed by atoms with Gasteiger partial charge in [-0.2, -0.15) is 17.4 Å². The predicted octanol–water partition coefficient (Wildman–Crippen LogP) is -0.408. The summed E-state index contributed by atoms with van der Waals surface area (Å²) in [4.78, 5) is 6.19. The zero-order chi connectivity index (χ0) is 14.3. The van der Waals surface area contributed by atoms with Crippen LogP contribution >= 0.6 is 0 Å². The standard InChI is InChI=1S/C12H21N5O2S/c1-9-11-6-10(7-16(11)8-14-12(9)13)15-20(18,19)17-4-2-3-5-17/h8,10,12,15H,2-7,13H2,1H3. The molecule has 3 aliphatic rings. The molecule has 112 valence electrons. The van der Waals surface area contributed by atoms with Crippen molar-refractivity contribution >= 4 is 16.5 Å². The summed E-state index contributed by atoms with van der Waals surface area (Å²) in [5.74, 6) is 0. The van der Waals surface area contributed by atoms with Crippen LogP contribution in [0.15, 0.2) is 16.3 Å². The highest BCUT2D eigenvalue weighted by atomic mass is 32.2. The Hall–Kier alpha value is -0.960. The lowest BCUT2D eigenvalue weighted by Crippen LogP contribution is -2.45. The van der Waals surface area contributed by atoms with E-state index in [2.05, 4.69) is 9.71 Å². The third-order valence-corrected chi connectivity index (χ3v) is 5.87. The van der Waals surface area contributed by atoms with E-state index >= 15 is 0 Å². The van der Waals surface area contributed by atoms with E-state index in [1.165, 1.54) is 4.31 Å². The van der Waals surface area contributed by atoms with Crippen LogP contribution in [-0.2, 0) is 10.2 Å². The van der Waals surface area contributed by atoms with Crippen molar-refractivity contribution in [2.24, 2.45) is 10.7 Å². The molecule has 0 saturated carbocycles. The monoisotopic (exact) mass is 299 g/mol. The first-order chi connectivity index (χ1) is 9.47. The van der Waals surface area contributed by atoms with Crippen molar-refractivity contribution in [2.45, 2.75) is 38.4 Å². The molecule has 0 aromatic carbocycles. The summed E-state index contributed by atoms with van der Waals surface area (Å²) >= 11 is 0. The van der Waals surface area contributed by atoms with Gasteiger partial charge in [0.25, 0.3) is 10.2 Å². The summed E-state index contributed by atoms with van der Waals surface area (Å²) < 4.78 is 28.9. The molecule has 3 heterocycles. The van der Waals surface area contributed by atoms with Crippen molar-refractivity contribution in [3.05, 3.63) is 11.3 Å². The second kappa shape index (κ2) is 5.10. The van der Waals surface area contributed by atoms with E-state index in [1.54, 1.807) is 6.34 Å². The first-order valence-corrected chi connectivity index (χ1v) is 8.44. The number of aliphatic imine (C=N–C) groups is 1. The van der Waals surface area contributed by atoms with Crippen LogP contribution in [0.5, 0.6) is 0 Å². The highest BCUT2D eigenvalue weighted by Crippen LogP contribution is 2.28. The second-order valence-electron chi connectivity index (χ2n) is 5.62. The van der Waals surface area contributed by atoms with Gasteiger partial charge in [0.05, 0.1) is 6.34 Å². The molecule has 3 N–H and O–H groups in total. The Balaban J connectivity index is 1.70. The van der Waals surface area contributed by atoms with Crippen LogP contribution in [0, 0.1) is 0 Å². The fourth-order valence-electron chi connectivity index (χ4n) is 2.99. The maximum atomic E-state index is 12.3. The number of fused-ring (bicyclic) bond motifs is 1. The largest absolute Gasteiger partial charge is 0.335 e. The predicted molar refractivity (Wildman–Crippen MR) is 77.1 cm³/mol. The molecule has 2 atom stereocenters. The first-order valence-electron chi connectivity index (χ1n) is 7.00. The van der Waals surface area contributed by atoms with E-state index in [0.717, 1.165) is 24.1 Å². The van der Waals surface area contributed by atoms with Crippen molar-refractivity contribution in [3.63, 3.8) is 0 Å². The number of hydrogen-bond acceptors (Lipinski definition) is 5. The van der Waals surface area contributed by atoms with Crippen LogP contribution in [-0.4, -0.2) is 55.8 Å². The molecule has 0 spiro atoms. The Morgan fingerprint density at radius 3 is 2.80 bits per heavy atom. The van der Waals surface area contributed by atoms with E-state index in [0.29, 0.717) is 26.1 Å². The summed E-state index contributed by atoms with van der Waals surface area (Å²) in [5.41, 5.74) is 8.00. The molecule has 0 radical (unpaired) electrons. The average Bonchev–Trinajstić information content (AvgIpc) is 3.02. The van der Waals surface area contributed by atoms with E-state index in [-0.39, 0.29) is 12.2 Å². The maximum Gasteiger partial charge on any atom is 0.279 e. The van der Waals surface area contributed by atoms with Crippen molar-refractivity contribution in [1.29, 1.82) is 0 Å². The Morgan fingerprint density at radius 1 is 1.40 bits per heavy atom. The smallest absolute Gasteiger partial charge is 0.279 e. The second-order valence-corrected chi connectivity index (χ2v) is 7.32. The lowest BCUT2D eigenvalue weighted by atomic mass is 10.1. The normalized spacial score (nSPS) is 31.2. The van der Waals surface area contributed by atoms with Gasteiger partial charge >= 0.3 is 0 Å². The molecule has 2 unspecified atom stereocenters. The Kier molecular flexibility index (Phi) is 3.57. The molecule has 3 aliphatic heterocycles. The van der Waals surface area contributed by atoms with Gasteiger partial charge in [0.15, 0.2) is 0 Å². The third-order valence-electron chi connectivity index (χ3n) is 4.19. The minimum Gasteiger partial charge on any atom is -0.335 e. The highest BCUT2D eigenvalue weighted by molar-refractivity contribution is 7.87. The molecule has 0 amide bonds. The summed E-state index contributed by atoms with van der Waals surface area (Å²) in [7, 11) is -3.36. The number of hydrogen-bond donors (Lipinski definition) is 2. The van der Waals surface area contributed by atoms with Gasteiger partial charge in [-0.05, 0) is 25.3 Å². The molecular formula is C12H21N5O2S. The van der Waals surface area contributed by atoms with Crippen molar-refractivity contribution in [1.82, 2.24) is 13.9 Å². The molecule has 0 aliphatic carbocycles. The molecule has 7 nitrogen and oxygen atoms in total. The molecule has 2 saturated heterocycles. The van der Waals surface area contributed by atoms with Gasteiger partial charge in [-0.3, -0.25) is 4.99 Å². The van der Waals surface area contributed by atoms with Crippen LogP contribution in [0.1, 0.15) is 26.2 Å². The van der Waals surface area contributed by atoms with Gasteiger partial charge in [0.2, 0.25) is 0 Å². The lowest BCUT2D eigenvalue weighted by molar-refractivity contribution is 0.449. The molecule has 3 rings (SSSR count). The molecular weight excluding hydrogens is 278 g/mol. The van der Waals surface area contributed by atoms with E-state index < -0.39 is 10.2 Å². The number of rotatable bonds is 3. The first kappa shape index (κ1) is 14.0. The van der Waals surface area contributed by atoms with Crippen LogP contribution in [0.3, 0.4) is 0 Å². The third kappa shape index (κ3) is 2.48. The van der Waals surface area contributed by atoms with Crippen LogP contribution in [0.4, 0.5) is 0 Å². The van der Waals surface area contributed by atoms with E-state index in [1.807, 2.05) is 11.8 Å². The fraction of sp³-hybridized carbons (Fsp3) is 0.750. The lowest BCUT2D eigenvalue weighted by Gasteiger charge is -2.23. The number of nitrogens with one attached hydrogen (secondary N) is 1. The molecule has 8 heteroatoms. The van der Waals surface area contributed by atoms with Gasteiger partial charge in [-0.25, -0.2) is 0 Å². The Morgan fingerprint density at radius 2 is 2.10 bits per heavy atom. The zero-order valence-corrected chi connectivity index (χ0v) is 12.4. The molecule has 0 bridgehead atoms. The maximum absolute atomic E-state index is 12.3. The fourth-order valence-corrected chi connectivity index (χ4v) is 4.46. The average molecular weight is 299 g/mol. The minimum atomic E-state index is -3.36. The number of nitrogens with two attached hydrogens (primary N) is 1. The van der Waals surface area contributed by atoms with E-state index in [4.69, 9.17) is 5.73 Å². The highest BCUT2D eigenvalue weighted by Gasteiger charge is 2.35. The van der Waals surface area contributed by atoms with E-state index in [9.17, 15) is 8.42 Å². The molecule has 0 aromatic heterocycles. The van der Waals surface area contributed by atoms with Gasteiger partial charge in [-0.1, -0.05) is 0 Å². The quantitative estimate of drug-likeness (QED) is 0.741. The van der Waals surface area contributed by atoms with Gasteiger partial charge in [0.1, 0.15) is 6.17 Å². The molecule has 2 fully saturated rings. The summed E-state index contributed by atoms with van der Waals surface area (Å²) in [6, 6.07) is -0.109. The Bertz CT molecular complexity index is 550. The minimum absolute atomic E-state index is 0.109. The summed E-state index contributed by atoms with van der Waals surface area (Å²) in [6.45, 7) is 3.83. The SMILES string of the molecule is CC1=C2CC(NS(=O)(=O)N3CCCC3)CN2C=NC1N. The Labute approximate surface area is 119 Å². The molecule has 0 aromatic rings. The zero-order valence-electron chi connectivity index (χ0n) is 11.6. The molecule has 20 heavy (non-hydrogen) atoms. The topological polar surface area (TPSA) is 91.0 Å². The van der Waals surface area contributed by atoms with Crippen LogP contribution in [0.2, 0.25) is 0 Å². The van der Waals surface area contributed by atoms with Crippen molar-refractivity contribution < 1.29 is 8.42 Å².